The Morgan fingerprint density at radius 1 is 1.16 bits per heavy atom. The summed E-state index contributed by atoms with van der Waals surface area (Å²) in [5.74, 6) is 0.921. The number of carbonyl (C=O) groups excluding carboxylic acids is 1. The molecule has 0 bridgehead atoms. The maximum Gasteiger partial charge on any atom is 0.319 e. The molecule has 38 heavy (non-hydrogen) atoms. The molecule has 3 heterocycles. The number of benzene rings is 1. The van der Waals surface area contributed by atoms with Crippen LogP contribution >= 0.6 is 0 Å². The number of aromatic nitrogens is 2. The van der Waals surface area contributed by atoms with E-state index in [0.29, 0.717) is 68.1 Å². The number of carbonyl (C=O) groups is 1. The fraction of sp³-hybridized carbons (Fsp3) is 0.577. The molecule has 4 rings (SSSR count). The van der Waals surface area contributed by atoms with E-state index in [2.05, 4.69) is 15.5 Å². The molecule has 2 aliphatic heterocycles. The summed E-state index contributed by atoms with van der Waals surface area (Å²) in [6.45, 7) is 6.53. The molecule has 2 aliphatic rings. The van der Waals surface area contributed by atoms with Gasteiger partial charge in [0.1, 0.15) is 10.6 Å². The zero-order chi connectivity index (χ0) is 27.2. The van der Waals surface area contributed by atoms with Crippen LogP contribution in [0.2, 0.25) is 0 Å². The molecular formula is C26H37N5O6S. The number of anilines is 2. The third-order valence-electron chi connectivity index (χ3n) is 7.05. The van der Waals surface area contributed by atoms with Crippen molar-refractivity contribution in [3.05, 3.63) is 36.0 Å². The lowest BCUT2D eigenvalue weighted by Gasteiger charge is -2.38. The van der Waals surface area contributed by atoms with Gasteiger partial charge in [0.2, 0.25) is 0 Å². The van der Waals surface area contributed by atoms with E-state index in [-0.39, 0.29) is 43.7 Å². The van der Waals surface area contributed by atoms with Gasteiger partial charge < -0.3 is 30.1 Å². The van der Waals surface area contributed by atoms with Gasteiger partial charge in [-0.25, -0.2) is 23.2 Å². The molecule has 0 aliphatic carbocycles. The Balaban J connectivity index is 1.80. The van der Waals surface area contributed by atoms with E-state index < -0.39 is 14.6 Å². The molecule has 1 aromatic heterocycles. The third kappa shape index (κ3) is 6.09. The molecule has 208 valence electrons. The van der Waals surface area contributed by atoms with Gasteiger partial charge in [-0.1, -0.05) is 0 Å². The van der Waals surface area contributed by atoms with Gasteiger partial charge in [0.15, 0.2) is 15.7 Å². The van der Waals surface area contributed by atoms with Gasteiger partial charge in [0, 0.05) is 50.2 Å². The standard InChI is InChI=1S/C26H37N5O6S/c1-3-27-25(33)28-21-7-5-20(6-8-21)24-29-22(17-23(30-24)31-11-15-37-18-19(31)2)26(9-13-36-14-10-26)38(34,35)16-4-12-32/h5-8,17,19,32H,3-4,9-16,18H2,1-2H3,(H2,27,28,33)/t19-/m0/s1. The number of nitrogens with one attached hydrogen (secondary N) is 2. The molecular weight excluding hydrogens is 510 g/mol. The van der Waals surface area contributed by atoms with Crippen molar-refractivity contribution in [2.45, 2.75) is 43.9 Å². The second kappa shape index (κ2) is 12.4. The minimum atomic E-state index is -3.67. The van der Waals surface area contributed by atoms with Crippen LogP contribution in [0.1, 0.15) is 38.8 Å². The Kier molecular flexibility index (Phi) is 9.19. The van der Waals surface area contributed by atoms with E-state index in [0.717, 1.165) is 0 Å². The van der Waals surface area contributed by atoms with E-state index in [1.165, 1.54) is 0 Å². The normalized spacial score (nSPS) is 19.7. The highest BCUT2D eigenvalue weighted by molar-refractivity contribution is 7.92. The van der Waals surface area contributed by atoms with Gasteiger partial charge in [-0.05, 0) is 57.4 Å². The number of ether oxygens (including phenoxy) is 2. The highest BCUT2D eigenvalue weighted by atomic mass is 32.2. The SMILES string of the molecule is CCNC(=O)Nc1ccc(-c2nc(N3CCOC[C@@H]3C)cc(C3(S(=O)(=O)CCCO)CCOCC3)n2)cc1. The topological polar surface area (TPSA) is 143 Å². The Labute approximate surface area is 223 Å². The molecule has 0 spiro atoms. The van der Waals surface area contributed by atoms with Crippen molar-refractivity contribution in [1.82, 2.24) is 15.3 Å². The summed E-state index contributed by atoms with van der Waals surface area (Å²) < 4.78 is 37.5. The summed E-state index contributed by atoms with van der Waals surface area (Å²) in [6.07, 6.45) is 0.728. The average Bonchev–Trinajstić information content (AvgIpc) is 2.93. The number of rotatable bonds is 9. The van der Waals surface area contributed by atoms with Crippen molar-refractivity contribution in [2.75, 3.05) is 62.1 Å². The van der Waals surface area contributed by atoms with E-state index in [1.807, 2.05) is 26.0 Å². The predicted octanol–water partition coefficient (Wildman–Crippen LogP) is 2.31. The summed E-state index contributed by atoms with van der Waals surface area (Å²) in [5.41, 5.74) is 1.76. The van der Waals surface area contributed by atoms with Crippen LogP contribution in [0.15, 0.2) is 30.3 Å². The number of amides is 2. The van der Waals surface area contributed by atoms with Crippen molar-refractivity contribution in [2.24, 2.45) is 0 Å². The van der Waals surface area contributed by atoms with Gasteiger partial charge in [0.25, 0.3) is 0 Å². The van der Waals surface area contributed by atoms with Crippen LogP contribution in [0.5, 0.6) is 0 Å². The monoisotopic (exact) mass is 547 g/mol. The van der Waals surface area contributed by atoms with Crippen LogP contribution in [0.4, 0.5) is 16.3 Å². The smallest absolute Gasteiger partial charge is 0.319 e. The Morgan fingerprint density at radius 2 is 1.89 bits per heavy atom. The van der Waals surface area contributed by atoms with E-state index >= 15 is 0 Å². The molecule has 0 unspecified atom stereocenters. The third-order valence-corrected chi connectivity index (χ3v) is 9.68. The molecule has 11 nitrogen and oxygen atoms in total. The van der Waals surface area contributed by atoms with Gasteiger partial charge in [0.05, 0.1) is 30.7 Å². The summed E-state index contributed by atoms with van der Waals surface area (Å²) in [7, 11) is -3.67. The average molecular weight is 548 g/mol. The lowest BCUT2D eigenvalue weighted by molar-refractivity contribution is 0.0729. The lowest BCUT2D eigenvalue weighted by Crippen LogP contribution is -2.46. The van der Waals surface area contributed by atoms with Crippen LogP contribution < -0.4 is 15.5 Å². The van der Waals surface area contributed by atoms with Gasteiger partial charge in [-0.2, -0.15) is 0 Å². The molecule has 0 saturated carbocycles. The maximum atomic E-state index is 13.8. The summed E-state index contributed by atoms with van der Waals surface area (Å²) in [4.78, 5) is 23.7. The van der Waals surface area contributed by atoms with Crippen LogP contribution in [0.25, 0.3) is 11.4 Å². The number of morpholine rings is 1. The summed E-state index contributed by atoms with van der Waals surface area (Å²) in [5, 5.41) is 14.8. The first kappa shape index (κ1) is 28.2. The first-order valence-electron chi connectivity index (χ1n) is 13.1. The molecule has 2 aromatic rings. The van der Waals surface area contributed by atoms with Crippen molar-refractivity contribution < 1.29 is 27.8 Å². The van der Waals surface area contributed by atoms with Crippen LogP contribution in [0, 0.1) is 0 Å². The molecule has 2 amide bonds. The molecule has 1 aromatic carbocycles. The Hall–Kier alpha value is -2.80. The van der Waals surface area contributed by atoms with Crippen molar-refractivity contribution >= 4 is 27.4 Å². The molecule has 0 radical (unpaired) electrons. The van der Waals surface area contributed by atoms with Gasteiger partial charge in [-0.3, -0.25) is 0 Å². The zero-order valence-electron chi connectivity index (χ0n) is 22.0. The number of nitrogens with zero attached hydrogens (tertiary/aromatic N) is 3. The number of hydrogen-bond acceptors (Lipinski definition) is 9. The second-order valence-corrected chi connectivity index (χ2v) is 12.0. The second-order valence-electron chi connectivity index (χ2n) is 9.62. The van der Waals surface area contributed by atoms with Gasteiger partial charge in [-0.15, -0.1) is 0 Å². The molecule has 12 heteroatoms. The molecule has 2 fully saturated rings. The number of hydrogen-bond donors (Lipinski definition) is 3. The van der Waals surface area contributed by atoms with Crippen LogP contribution in [-0.2, 0) is 24.1 Å². The largest absolute Gasteiger partial charge is 0.396 e. The minimum absolute atomic E-state index is 0.0552. The summed E-state index contributed by atoms with van der Waals surface area (Å²) in [6, 6.07) is 8.71. The zero-order valence-corrected chi connectivity index (χ0v) is 22.8. The number of sulfone groups is 1. The fourth-order valence-corrected chi connectivity index (χ4v) is 7.04. The van der Waals surface area contributed by atoms with Crippen molar-refractivity contribution in [3.8, 4) is 11.4 Å². The highest BCUT2D eigenvalue weighted by Gasteiger charge is 2.48. The quantitative estimate of drug-likeness (QED) is 0.431. The maximum absolute atomic E-state index is 13.8. The number of aliphatic hydroxyl groups is 1. The van der Waals surface area contributed by atoms with Crippen molar-refractivity contribution in [1.29, 1.82) is 0 Å². The highest BCUT2D eigenvalue weighted by Crippen LogP contribution is 2.42. The fourth-order valence-electron chi connectivity index (χ4n) is 4.93. The van der Waals surface area contributed by atoms with Crippen LogP contribution in [-0.4, -0.2) is 87.4 Å². The van der Waals surface area contributed by atoms with E-state index in [4.69, 9.17) is 19.4 Å². The minimum Gasteiger partial charge on any atom is -0.396 e. The number of urea groups is 1. The number of aliphatic hydroxyl groups excluding tert-OH is 1. The Morgan fingerprint density at radius 3 is 2.55 bits per heavy atom. The molecule has 1 atom stereocenters. The molecule has 2 saturated heterocycles. The molecule has 3 N–H and O–H groups in total. The van der Waals surface area contributed by atoms with E-state index in [1.54, 1.807) is 18.2 Å². The van der Waals surface area contributed by atoms with Gasteiger partial charge >= 0.3 is 6.03 Å². The first-order chi connectivity index (χ1) is 18.3. The van der Waals surface area contributed by atoms with E-state index in [9.17, 15) is 18.3 Å². The summed E-state index contributed by atoms with van der Waals surface area (Å²) >= 11 is 0. The first-order valence-corrected chi connectivity index (χ1v) is 14.7. The lowest BCUT2D eigenvalue weighted by atomic mass is 9.94. The predicted molar refractivity (Wildman–Crippen MR) is 145 cm³/mol. The Bertz CT molecular complexity index is 1200. The van der Waals surface area contributed by atoms with Crippen LogP contribution in [0.3, 0.4) is 0 Å². The van der Waals surface area contributed by atoms with Crippen molar-refractivity contribution in [3.63, 3.8) is 0 Å².